The van der Waals surface area contributed by atoms with Gasteiger partial charge in [0, 0.05) is 0 Å². The van der Waals surface area contributed by atoms with Crippen molar-refractivity contribution in [3.8, 4) is 0 Å². The first-order valence-electron chi connectivity index (χ1n) is 5.11. The first-order chi connectivity index (χ1) is 8.06. The van der Waals surface area contributed by atoms with Crippen molar-refractivity contribution in [1.82, 2.24) is 0 Å². The van der Waals surface area contributed by atoms with E-state index in [1.165, 1.54) is 0 Å². The second kappa shape index (κ2) is 6.80. The van der Waals surface area contributed by atoms with Gasteiger partial charge in [0.2, 0.25) is 5.83 Å². The molecule has 1 aliphatic rings. The van der Waals surface area contributed by atoms with Gasteiger partial charge in [-0.2, -0.15) is 22.0 Å². The topological polar surface area (TPSA) is 57.2 Å². The molecule has 0 aromatic carbocycles. The third-order valence-electron chi connectivity index (χ3n) is 3.15. The minimum absolute atomic E-state index is 0. The molecule has 10 heteroatoms. The Balaban J connectivity index is 0.00000324. The van der Waals surface area contributed by atoms with Gasteiger partial charge in [-0.3, -0.25) is 0 Å². The Labute approximate surface area is 149 Å². The van der Waals surface area contributed by atoms with E-state index in [0.29, 0.717) is 6.42 Å². The van der Waals surface area contributed by atoms with Crippen molar-refractivity contribution in [3.05, 3.63) is 11.9 Å². The van der Waals surface area contributed by atoms with E-state index in [2.05, 4.69) is 0 Å². The van der Waals surface area contributed by atoms with Crippen LogP contribution in [-0.4, -0.2) is 23.6 Å². The van der Waals surface area contributed by atoms with Crippen LogP contribution in [0, 0.1) is 0 Å². The fourth-order valence-corrected chi connectivity index (χ4v) is 3.35. The molecule has 0 aliphatic heterocycles. The van der Waals surface area contributed by atoms with Gasteiger partial charge < -0.3 is 4.55 Å². The summed E-state index contributed by atoms with van der Waals surface area (Å²) in [7, 11) is -5.63. The fourth-order valence-electron chi connectivity index (χ4n) is 2.16. The maximum atomic E-state index is 13.6. The molecule has 0 saturated heterocycles. The summed E-state index contributed by atoms with van der Waals surface area (Å²) in [5, 5.41) is 0. The van der Waals surface area contributed by atoms with Gasteiger partial charge in [0.1, 0.15) is 14.9 Å². The monoisotopic (exact) mass is 332 g/mol. The fraction of sp³-hybridized carbons (Fsp3) is 0.778. The Hall–Kier alpha value is 0.936. The Morgan fingerprint density at radius 3 is 1.79 bits per heavy atom. The number of alkyl halides is 2. The van der Waals surface area contributed by atoms with Crippen LogP contribution in [0.15, 0.2) is 11.9 Å². The second-order valence-electron chi connectivity index (χ2n) is 4.16. The Kier molecular flexibility index (Phi) is 7.13. The Bertz CT molecular complexity index is 452. The average Bonchev–Trinajstić information content (AvgIpc) is 2.27. The SMILES string of the molecule is O=S(=O)([O-])C1(C(F)(F)C(F)=C(F)F)CCCCC1.[K+]. The Morgan fingerprint density at radius 2 is 1.47 bits per heavy atom. The van der Waals surface area contributed by atoms with E-state index >= 15 is 0 Å². The van der Waals surface area contributed by atoms with Crippen LogP contribution in [0.3, 0.4) is 0 Å². The molecule has 1 aliphatic carbocycles. The first-order valence-corrected chi connectivity index (χ1v) is 6.51. The zero-order valence-corrected chi connectivity index (χ0v) is 14.0. The number of hydrogen-bond acceptors (Lipinski definition) is 3. The molecule has 0 aromatic heterocycles. The third-order valence-corrected chi connectivity index (χ3v) is 4.78. The maximum Gasteiger partial charge on any atom is 1.00 e. The maximum absolute atomic E-state index is 13.6. The van der Waals surface area contributed by atoms with Crippen molar-refractivity contribution in [2.75, 3.05) is 0 Å². The minimum atomic E-state index is -5.63. The molecule has 1 saturated carbocycles. The summed E-state index contributed by atoms with van der Waals surface area (Å²) in [5.41, 5.74) is 0. The van der Waals surface area contributed by atoms with E-state index in [1.54, 1.807) is 0 Å². The summed E-state index contributed by atoms with van der Waals surface area (Å²) >= 11 is 0. The molecule has 0 radical (unpaired) electrons. The molecule has 1 fully saturated rings. The van der Waals surface area contributed by atoms with Crippen molar-refractivity contribution in [1.29, 1.82) is 0 Å². The van der Waals surface area contributed by atoms with Gasteiger partial charge in [-0.05, 0) is 12.8 Å². The molecular formula is C9H10F5KO3S. The zero-order valence-electron chi connectivity index (χ0n) is 10.1. The van der Waals surface area contributed by atoms with Crippen LogP contribution in [0.1, 0.15) is 32.1 Å². The molecule has 0 atom stereocenters. The van der Waals surface area contributed by atoms with E-state index in [0.717, 1.165) is 0 Å². The van der Waals surface area contributed by atoms with E-state index in [4.69, 9.17) is 0 Å². The molecule has 0 bridgehead atoms. The van der Waals surface area contributed by atoms with Crippen molar-refractivity contribution in [3.63, 3.8) is 0 Å². The quantitative estimate of drug-likeness (QED) is 0.414. The average molecular weight is 332 g/mol. The van der Waals surface area contributed by atoms with E-state index in [-0.39, 0.29) is 64.2 Å². The molecule has 0 unspecified atom stereocenters. The van der Waals surface area contributed by atoms with Crippen LogP contribution >= 0.6 is 0 Å². The normalized spacial score (nSPS) is 19.5. The predicted octanol–water partition coefficient (Wildman–Crippen LogP) is -0.0486. The zero-order chi connectivity index (χ0) is 14.2. The van der Waals surface area contributed by atoms with Gasteiger partial charge in [0.15, 0.2) is 0 Å². The summed E-state index contributed by atoms with van der Waals surface area (Å²) in [6, 6.07) is 0. The second-order valence-corrected chi connectivity index (χ2v) is 5.85. The number of allylic oxidation sites excluding steroid dienone is 1. The summed E-state index contributed by atoms with van der Waals surface area (Å²) in [6.45, 7) is 0. The van der Waals surface area contributed by atoms with E-state index < -0.39 is 45.5 Å². The van der Waals surface area contributed by atoms with E-state index in [9.17, 15) is 34.9 Å². The van der Waals surface area contributed by atoms with E-state index in [1.807, 2.05) is 0 Å². The van der Waals surface area contributed by atoms with Gasteiger partial charge in [-0.1, -0.05) is 19.3 Å². The molecule has 3 nitrogen and oxygen atoms in total. The molecule has 19 heavy (non-hydrogen) atoms. The van der Waals surface area contributed by atoms with Crippen LogP contribution in [0.25, 0.3) is 0 Å². The van der Waals surface area contributed by atoms with Crippen LogP contribution < -0.4 is 51.4 Å². The standard InChI is InChI=1S/C9H11F5O3S.K/c10-6(7(11)12)9(13,14)8(18(15,16)17)4-2-1-3-5-8;/h1-5H2,(H,15,16,17);/q;+1/p-1. The van der Waals surface area contributed by atoms with Crippen LogP contribution in [0.2, 0.25) is 0 Å². The summed E-state index contributed by atoms with van der Waals surface area (Å²) in [5.74, 6) is -8.14. The van der Waals surface area contributed by atoms with Crippen molar-refractivity contribution >= 4 is 10.1 Å². The number of halogens is 5. The third kappa shape index (κ3) is 3.58. The van der Waals surface area contributed by atoms with Gasteiger partial charge in [0.05, 0.1) is 0 Å². The minimum Gasteiger partial charge on any atom is -0.747 e. The number of rotatable bonds is 3. The molecular weight excluding hydrogens is 322 g/mol. The van der Waals surface area contributed by atoms with Crippen molar-refractivity contribution in [2.24, 2.45) is 0 Å². The van der Waals surface area contributed by atoms with Crippen LogP contribution in [-0.2, 0) is 10.1 Å². The molecule has 1 rings (SSSR count). The number of hydrogen-bond donors (Lipinski definition) is 0. The smallest absolute Gasteiger partial charge is 0.747 e. The largest absolute Gasteiger partial charge is 1.00 e. The van der Waals surface area contributed by atoms with Crippen molar-refractivity contribution < 1.29 is 86.3 Å². The van der Waals surface area contributed by atoms with Gasteiger partial charge in [-0.15, -0.1) is 0 Å². The summed E-state index contributed by atoms with van der Waals surface area (Å²) < 4.78 is 93.7. The van der Waals surface area contributed by atoms with Crippen molar-refractivity contribution in [2.45, 2.75) is 42.8 Å². The Morgan fingerprint density at radius 1 is 1.05 bits per heavy atom. The van der Waals surface area contributed by atoms with Crippen LogP contribution in [0.5, 0.6) is 0 Å². The molecule has 0 N–H and O–H groups in total. The molecule has 0 heterocycles. The predicted molar refractivity (Wildman–Crippen MR) is 50.8 cm³/mol. The molecule has 0 aromatic rings. The first kappa shape index (κ1) is 19.9. The summed E-state index contributed by atoms with van der Waals surface area (Å²) in [6.07, 6.45) is -4.69. The molecule has 0 spiro atoms. The van der Waals surface area contributed by atoms with Gasteiger partial charge >= 0.3 is 63.4 Å². The molecule has 0 amide bonds. The van der Waals surface area contributed by atoms with Gasteiger partial charge in [0.25, 0.3) is 0 Å². The van der Waals surface area contributed by atoms with Gasteiger partial charge in [-0.25, -0.2) is 8.42 Å². The van der Waals surface area contributed by atoms with Crippen LogP contribution in [0.4, 0.5) is 22.0 Å². The summed E-state index contributed by atoms with van der Waals surface area (Å²) in [4.78, 5) is 0. The molecule has 106 valence electrons.